The summed E-state index contributed by atoms with van der Waals surface area (Å²) in [5.74, 6) is -0.261. The van der Waals surface area contributed by atoms with Crippen LogP contribution >= 0.6 is 0 Å². The molecule has 1 aliphatic heterocycles. The quantitative estimate of drug-likeness (QED) is 0.937. The van der Waals surface area contributed by atoms with Crippen LogP contribution < -0.4 is 5.32 Å². The second-order valence-electron chi connectivity index (χ2n) is 6.61. The van der Waals surface area contributed by atoms with Gasteiger partial charge in [-0.1, -0.05) is 36.4 Å². The van der Waals surface area contributed by atoms with Crippen molar-refractivity contribution in [2.45, 2.75) is 30.8 Å². The van der Waals surface area contributed by atoms with E-state index in [4.69, 9.17) is 4.74 Å². The van der Waals surface area contributed by atoms with Gasteiger partial charge in [0.05, 0.1) is 12.0 Å². The number of rotatable bonds is 4. The summed E-state index contributed by atoms with van der Waals surface area (Å²) in [4.78, 5) is 12.7. The van der Waals surface area contributed by atoms with Crippen LogP contribution in [0.1, 0.15) is 35.6 Å². The molecule has 0 aromatic heterocycles. The average Bonchev–Trinajstić information content (AvgIpc) is 3.42. The minimum atomic E-state index is -0.484. The average molecular weight is 325 g/mol. The van der Waals surface area contributed by atoms with E-state index < -0.39 is 5.41 Å². The number of nitrogens with one attached hydrogen (secondary N) is 1. The highest BCUT2D eigenvalue weighted by atomic mass is 19.1. The van der Waals surface area contributed by atoms with E-state index in [1.54, 1.807) is 12.1 Å². The molecule has 1 amide bonds. The summed E-state index contributed by atoms with van der Waals surface area (Å²) in [6.07, 6.45) is 2.45. The lowest BCUT2D eigenvalue weighted by atomic mass is 9.94. The Kier molecular flexibility index (Phi) is 3.85. The number of ether oxygens (including phenoxy) is 1. The Morgan fingerprint density at radius 2 is 1.92 bits per heavy atom. The number of halogens is 1. The number of hydrogen-bond acceptors (Lipinski definition) is 2. The van der Waals surface area contributed by atoms with Crippen LogP contribution in [0.4, 0.5) is 4.39 Å². The summed E-state index contributed by atoms with van der Waals surface area (Å²) in [6.45, 7) is 1.15. The summed E-state index contributed by atoms with van der Waals surface area (Å²) in [6, 6.07) is 14.5. The van der Waals surface area contributed by atoms with Crippen LogP contribution in [0.15, 0.2) is 48.5 Å². The number of benzene rings is 2. The first-order chi connectivity index (χ1) is 11.7. The molecule has 0 bridgehead atoms. The molecule has 0 spiro atoms. The van der Waals surface area contributed by atoms with Crippen molar-refractivity contribution in [1.29, 1.82) is 0 Å². The van der Waals surface area contributed by atoms with Gasteiger partial charge in [-0.3, -0.25) is 4.79 Å². The zero-order valence-electron chi connectivity index (χ0n) is 13.4. The van der Waals surface area contributed by atoms with Crippen molar-refractivity contribution in [2.75, 3.05) is 13.2 Å². The fourth-order valence-electron chi connectivity index (χ4n) is 3.54. The molecule has 1 fully saturated rings. The van der Waals surface area contributed by atoms with E-state index in [1.807, 2.05) is 12.1 Å². The van der Waals surface area contributed by atoms with Gasteiger partial charge in [-0.25, -0.2) is 4.39 Å². The standard InChI is InChI=1S/C20H20FNO2/c21-16-7-5-15(6-8-16)20(10-11-20)19(23)22-13-18-17-4-2-1-3-14(17)9-12-24-18/h1-8,18H,9-13H2,(H,22,23)/t18-/m0/s1. The first kappa shape index (κ1) is 15.3. The zero-order valence-corrected chi connectivity index (χ0v) is 13.4. The molecule has 24 heavy (non-hydrogen) atoms. The summed E-state index contributed by atoms with van der Waals surface area (Å²) in [5, 5.41) is 3.05. The number of amides is 1. The van der Waals surface area contributed by atoms with E-state index in [0.717, 1.165) is 30.4 Å². The van der Waals surface area contributed by atoms with Crippen LogP contribution in [0, 0.1) is 5.82 Å². The Bertz CT molecular complexity index is 752. The van der Waals surface area contributed by atoms with Crippen molar-refractivity contribution in [3.63, 3.8) is 0 Å². The van der Waals surface area contributed by atoms with Crippen molar-refractivity contribution in [3.8, 4) is 0 Å². The Morgan fingerprint density at radius 3 is 2.67 bits per heavy atom. The van der Waals surface area contributed by atoms with Crippen LogP contribution in [-0.4, -0.2) is 19.1 Å². The summed E-state index contributed by atoms with van der Waals surface area (Å²) >= 11 is 0. The Balaban J connectivity index is 1.45. The Labute approximate surface area is 140 Å². The molecule has 1 saturated carbocycles. The van der Waals surface area contributed by atoms with Crippen LogP contribution in [0.25, 0.3) is 0 Å². The zero-order chi connectivity index (χ0) is 16.6. The monoisotopic (exact) mass is 325 g/mol. The second kappa shape index (κ2) is 6.02. The van der Waals surface area contributed by atoms with Crippen LogP contribution in [0.5, 0.6) is 0 Å². The maximum Gasteiger partial charge on any atom is 0.230 e. The van der Waals surface area contributed by atoms with E-state index in [-0.39, 0.29) is 17.8 Å². The highest BCUT2D eigenvalue weighted by Crippen LogP contribution is 2.48. The van der Waals surface area contributed by atoms with Gasteiger partial charge in [0.25, 0.3) is 0 Å². The van der Waals surface area contributed by atoms with Crippen molar-refractivity contribution >= 4 is 5.91 Å². The van der Waals surface area contributed by atoms with Crippen molar-refractivity contribution in [2.24, 2.45) is 0 Å². The van der Waals surface area contributed by atoms with Gasteiger partial charge < -0.3 is 10.1 Å². The maximum atomic E-state index is 13.1. The van der Waals surface area contributed by atoms with E-state index in [0.29, 0.717) is 13.2 Å². The molecule has 1 N–H and O–H groups in total. The molecule has 124 valence electrons. The van der Waals surface area contributed by atoms with E-state index in [9.17, 15) is 9.18 Å². The van der Waals surface area contributed by atoms with E-state index in [1.165, 1.54) is 17.7 Å². The molecule has 0 unspecified atom stereocenters. The topological polar surface area (TPSA) is 38.3 Å². The number of fused-ring (bicyclic) bond motifs is 1. The molecule has 2 aromatic rings. The summed E-state index contributed by atoms with van der Waals surface area (Å²) < 4.78 is 19.0. The van der Waals surface area contributed by atoms with E-state index in [2.05, 4.69) is 17.4 Å². The van der Waals surface area contributed by atoms with Gasteiger partial charge >= 0.3 is 0 Å². The first-order valence-corrected chi connectivity index (χ1v) is 8.43. The maximum absolute atomic E-state index is 13.1. The highest BCUT2D eigenvalue weighted by Gasteiger charge is 2.51. The summed E-state index contributed by atoms with van der Waals surface area (Å²) in [5.41, 5.74) is 2.87. The Hall–Kier alpha value is -2.20. The molecule has 1 atom stereocenters. The van der Waals surface area contributed by atoms with Crippen LogP contribution in [0.2, 0.25) is 0 Å². The largest absolute Gasteiger partial charge is 0.371 e. The van der Waals surface area contributed by atoms with Gasteiger partial charge in [0.2, 0.25) is 5.91 Å². The molecule has 4 heteroatoms. The predicted octanol–water partition coefficient (Wildman–Crippen LogP) is 3.29. The van der Waals surface area contributed by atoms with Gasteiger partial charge in [-0.05, 0) is 48.1 Å². The molecule has 0 saturated heterocycles. The molecular weight excluding hydrogens is 305 g/mol. The van der Waals surface area contributed by atoms with Crippen LogP contribution in [0.3, 0.4) is 0 Å². The van der Waals surface area contributed by atoms with Gasteiger partial charge in [-0.2, -0.15) is 0 Å². The minimum absolute atomic E-state index is 0.0146. The number of carbonyl (C=O) groups excluding carboxylic acids is 1. The molecule has 2 aromatic carbocycles. The van der Waals surface area contributed by atoms with Gasteiger partial charge in [-0.15, -0.1) is 0 Å². The molecule has 1 aliphatic carbocycles. The fourth-order valence-corrected chi connectivity index (χ4v) is 3.54. The summed E-state index contributed by atoms with van der Waals surface area (Å²) in [7, 11) is 0. The third-order valence-corrected chi connectivity index (χ3v) is 5.12. The predicted molar refractivity (Wildman–Crippen MR) is 89.2 cm³/mol. The first-order valence-electron chi connectivity index (χ1n) is 8.43. The van der Waals surface area contributed by atoms with Crippen LogP contribution in [-0.2, 0) is 21.4 Å². The number of carbonyl (C=O) groups is 1. The molecule has 3 nitrogen and oxygen atoms in total. The second-order valence-corrected chi connectivity index (χ2v) is 6.61. The minimum Gasteiger partial charge on any atom is -0.371 e. The van der Waals surface area contributed by atoms with E-state index >= 15 is 0 Å². The molecule has 2 aliphatic rings. The molecular formula is C20H20FNO2. The SMILES string of the molecule is O=C(NC[C@@H]1OCCc2ccccc21)C1(c2ccc(F)cc2)CC1. The molecule has 1 heterocycles. The fraction of sp³-hybridized carbons (Fsp3) is 0.350. The normalized spacial score (nSPS) is 21.0. The lowest BCUT2D eigenvalue weighted by Crippen LogP contribution is -2.38. The van der Waals surface area contributed by atoms with Crippen molar-refractivity contribution in [1.82, 2.24) is 5.32 Å². The lowest BCUT2D eigenvalue weighted by molar-refractivity contribution is -0.124. The van der Waals surface area contributed by atoms with Gasteiger partial charge in [0.15, 0.2) is 0 Å². The smallest absolute Gasteiger partial charge is 0.230 e. The van der Waals surface area contributed by atoms with Crippen molar-refractivity contribution in [3.05, 3.63) is 71.0 Å². The third-order valence-electron chi connectivity index (χ3n) is 5.12. The highest BCUT2D eigenvalue weighted by molar-refractivity contribution is 5.91. The molecule has 4 rings (SSSR count). The number of hydrogen-bond donors (Lipinski definition) is 1. The lowest BCUT2D eigenvalue weighted by Gasteiger charge is -2.27. The third kappa shape index (κ3) is 2.71. The van der Waals surface area contributed by atoms with Gasteiger partial charge in [0, 0.05) is 6.54 Å². The molecule has 0 radical (unpaired) electrons. The Morgan fingerprint density at radius 1 is 1.17 bits per heavy atom. The van der Waals surface area contributed by atoms with Gasteiger partial charge in [0.1, 0.15) is 11.9 Å². The van der Waals surface area contributed by atoms with Crippen molar-refractivity contribution < 1.29 is 13.9 Å².